The Hall–Kier alpha value is -9.78. The van der Waals surface area contributed by atoms with Crippen molar-refractivity contribution in [1.82, 2.24) is 20.0 Å². The summed E-state index contributed by atoms with van der Waals surface area (Å²) in [4.78, 5) is 2.65. The molecule has 0 bridgehead atoms. The monoisotopic (exact) mass is 1170 g/mol. The number of H-pyrrole nitrogens is 1. The van der Waals surface area contributed by atoms with E-state index in [2.05, 4.69) is 335 Å². The van der Waals surface area contributed by atoms with Crippen molar-refractivity contribution in [1.29, 1.82) is 0 Å². The summed E-state index contributed by atoms with van der Waals surface area (Å²) in [6, 6.07) is 104. The van der Waals surface area contributed by atoms with Crippen LogP contribution >= 0.6 is 0 Å². The SMILES string of the molecule is CC(C)c1cccc(C(C)C)c1N1[C@@H](c2ccccc2)[C@@H]1c1ccccc1.CC(C)c1cccc(C(C)C)c1N[C@@H](c1ccccc1)[C@@H](c1ccccc1)n1nc(-c2ccccc2)cc1-c1ccccc1.[HH].[HH].[HH].[HH].[HH].[HH].[HH].[HH].[HH].[HH].[HH].c1ccc(-c2cc(-c3ccccc3)[nH]n2)cc1. The average Bonchev–Trinajstić information content (AvgIpc) is 1.56. The van der Waals surface area contributed by atoms with Gasteiger partial charge in [0.1, 0.15) is 6.04 Å². The van der Waals surface area contributed by atoms with Gasteiger partial charge in [0.05, 0.1) is 40.9 Å². The van der Waals surface area contributed by atoms with Gasteiger partial charge in [0.15, 0.2) is 0 Å². The topological polar surface area (TPSA) is 61.5 Å². The lowest BCUT2D eigenvalue weighted by atomic mass is 9.89. The lowest BCUT2D eigenvalue weighted by molar-refractivity contribution is 0.468. The summed E-state index contributed by atoms with van der Waals surface area (Å²) in [7, 11) is 0. The smallest absolute Gasteiger partial charge is 0.102 e. The van der Waals surface area contributed by atoms with Crippen molar-refractivity contribution in [3.63, 3.8) is 0 Å². The molecule has 1 saturated heterocycles. The van der Waals surface area contributed by atoms with E-state index in [1.54, 1.807) is 0 Å². The van der Waals surface area contributed by atoms with Crippen molar-refractivity contribution in [2.45, 2.75) is 103 Å². The molecular formula is C82H104N6. The van der Waals surface area contributed by atoms with Gasteiger partial charge in [-0.15, -0.1) is 0 Å². The van der Waals surface area contributed by atoms with Gasteiger partial charge in [0.25, 0.3) is 0 Å². The highest BCUT2D eigenvalue weighted by molar-refractivity contribution is 5.72. The van der Waals surface area contributed by atoms with Gasteiger partial charge >= 0.3 is 0 Å². The Morgan fingerprint density at radius 3 is 1.19 bits per heavy atom. The van der Waals surface area contributed by atoms with Crippen LogP contribution in [0.15, 0.2) is 291 Å². The summed E-state index contributed by atoms with van der Waals surface area (Å²) in [5, 5.41) is 17.0. The molecule has 12 aromatic rings. The minimum Gasteiger partial charge on any atom is -0.375 e. The molecule has 1 aliphatic rings. The maximum absolute atomic E-state index is 5.41. The van der Waals surface area contributed by atoms with Crippen LogP contribution in [-0.4, -0.2) is 20.0 Å². The number of hydrogen-bond donors (Lipinski definition) is 2. The fraction of sp³-hybridized carbons (Fsp3) is 0.195. The molecule has 4 atom stereocenters. The quantitative estimate of drug-likeness (QED) is 0.0892. The molecular weight excluding hydrogens is 1070 g/mol. The number of nitrogens with one attached hydrogen (secondary N) is 2. The number of para-hydroxylation sites is 2. The number of anilines is 2. The summed E-state index contributed by atoms with van der Waals surface area (Å²) >= 11 is 0. The molecule has 1 fully saturated rings. The van der Waals surface area contributed by atoms with Crippen LogP contribution in [0.2, 0.25) is 0 Å². The minimum atomic E-state index is -0.147. The number of aromatic nitrogens is 4. The summed E-state index contributed by atoms with van der Waals surface area (Å²) in [6.45, 7) is 18.4. The van der Waals surface area contributed by atoms with Crippen LogP contribution in [0, 0.1) is 0 Å². The minimum absolute atomic E-state index is 0. The number of hydrogen-bond acceptors (Lipinski definition) is 4. The number of nitrogens with zero attached hydrogens (tertiary/aromatic N) is 4. The zero-order valence-corrected chi connectivity index (χ0v) is 52.1. The maximum atomic E-state index is 5.41. The third-order valence-electron chi connectivity index (χ3n) is 16.9. The predicted octanol–water partition coefficient (Wildman–Crippen LogP) is 24.6. The van der Waals surface area contributed by atoms with E-state index in [1.165, 1.54) is 55.9 Å². The van der Waals surface area contributed by atoms with Crippen molar-refractivity contribution in [2.75, 3.05) is 10.2 Å². The first-order chi connectivity index (χ1) is 43.0. The van der Waals surface area contributed by atoms with E-state index in [-0.39, 0.29) is 27.8 Å². The van der Waals surface area contributed by atoms with E-state index in [1.807, 2.05) is 36.4 Å². The largest absolute Gasteiger partial charge is 0.375 e. The highest BCUT2D eigenvalue weighted by atomic mass is 15.4. The molecule has 13 rings (SSSR count). The second-order valence-electron chi connectivity index (χ2n) is 24.2. The maximum Gasteiger partial charge on any atom is 0.102 e. The molecule has 1 aliphatic heterocycles. The fourth-order valence-corrected chi connectivity index (χ4v) is 12.3. The Balaban J connectivity index is 0.00000151. The van der Waals surface area contributed by atoms with Crippen molar-refractivity contribution >= 4 is 11.4 Å². The van der Waals surface area contributed by atoms with Gasteiger partial charge in [-0.05, 0) is 91.4 Å². The number of aromatic amines is 1. The molecule has 0 spiro atoms. The molecule has 462 valence electrons. The van der Waals surface area contributed by atoms with E-state index >= 15 is 0 Å². The first-order valence-corrected chi connectivity index (χ1v) is 31.4. The van der Waals surface area contributed by atoms with E-state index < -0.39 is 0 Å². The zero-order chi connectivity index (χ0) is 60.9. The van der Waals surface area contributed by atoms with Crippen LogP contribution in [0.4, 0.5) is 11.4 Å². The standard InChI is InChI=1S/C41H41N3.C26H29N.C15H12N2.11H2/c1-29(2)35-26-17-27-36(30(3)4)40(35)42-39(33-22-13-7-14-23-33)41(34-24-15-8-16-25-34)44-38(32-20-11-6-12-21-32)28-37(43-44)31-18-9-5-10-19-31;1-18(2)22-16-11-17-23(19(3)4)26(22)27-24(20-12-7-5-8-13-20)25(27)21-14-9-6-10-15-21;1-3-7-12(8-4-1)14-11-15(17-16-14)13-9-5-2-6-10-13;;;;;;;;;;;/h5-30,39,41-42H,1-4H3;5-19,24-25H,1-4H3;1-11H,(H,16,17);11*1H/t39-,41+;24-,25-;;;;;;;;;;;;/m00............/s1. The van der Waals surface area contributed by atoms with Gasteiger partial charge in [-0.25, -0.2) is 0 Å². The third kappa shape index (κ3) is 13.7. The Labute approximate surface area is 539 Å². The molecule has 0 radical (unpaired) electrons. The van der Waals surface area contributed by atoms with Crippen LogP contribution in [0.3, 0.4) is 0 Å². The number of benzene rings is 10. The van der Waals surface area contributed by atoms with Crippen molar-refractivity contribution in [3.05, 3.63) is 336 Å². The van der Waals surface area contributed by atoms with E-state index in [0.717, 1.165) is 45.0 Å². The molecule has 0 amide bonds. The molecule has 2 N–H and O–H groups in total. The molecule has 0 unspecified atom stereocenters. The lowest BCUT2D eigenvalue weighted by Gasteiger charge is -2.34. The number of rotatable bonds is 17. The Morgan fingerprint density at radius 1 is 0.375 bits per heavy atom. The molecule has 6 nitrogen and oxygen atoms in total. The van der Waals surface area contributed by atoms with Gasteiger partial charge in [-0.2, -0.15) is 10.2 Å². The van der Waals surface area contributed by atoms with E-state index in [9.17, 15) is 0 Å². The van der Waals surface area contributed by atoms with Crippen molar-refractivity contribution in [3.8, 4) is 45.0 Å². The molecule has 2 aromatic heterocycles. The zero-order valence-electron chi connectivity index (χ0n) is 52.1. The Kier molecular flexibility index (Phi) is 19.2. The van der Waals surface area contributed by atoms with Crippen LogP contribution < -0.4 is 10.2 Å². The van der Waals surface area contributed by atoms with Gasteiger partial charge in [-0.1, -0.05) is 334 Å². The highest BCUT2D eigenvalue weighted by Gasteiger charge is 2.51. The fourth-order valence-electron chi connectivity index (χ4n) is 12.3. The molecule has 10 aromatic carbocycles. The van der Waals surface area contributed by atoms with Crippen LogP contribution in [0.25, 0.3) is 45.0 Å². The van der Waals surface area contributed by atoms with Crippen molar-refractivity contribution in [2.24, 2.45) is 0 Å². The first kappa shape index (κ1) is 59.9. The van der Waals surface area contributed by atoms with Crippen LogP contribution in [-0.2, 0) is 0 Å². The predicted molar refractivity (Wildman–Crippen MR) is 393 cm³/mol. The Morgan fingerprint density at radius 2 is 0.750 bits per heavy atom. The summed E-state index contributed by atoms with van der Waals surface area (Å²) in [5.74, 6) is 1.76. The highest BCUT2D eigenvalue weighted by Crippen LogP contribution is 2.60. The van der Waals surface area contributed by atoms with Gasteiger partial charge in [0, 0.05) is 38.2 Å². The molecule has 88 heavy (non-hydrogen) atoms. The van der Waals surface area contributed by atoms with E-state index in [0.29, 0.717) is 35.8 Å². The first-order valence-electron chi connectivity index (χ1n) is 31.4. The molecule has 6 heteroatoms. The van der Waals surface area contributed by atoms with Crippen molar-refractivity contribution < 1.29 is 15.7 Å². The summed E-state index contributed by atoms with van der Waals surface area (Å²) in [5.41, 5.74) is 22.1. The average molecular weight is 1170 g/mol. The third-order valence-corrected chi connectivity index (χ3v) is 16.9. The van der Waals surface area contributed by atoms with Crippen LogP contribution in [0.1, 0.15) is 163 Å². The Bertz CT molecular complexity index is 3960. The summed E-state index contributed by atoms with van der Waals surface area (Å²) in [6.07, 6.45) is 0. The van der Waals surface area contributed by atoms with Crippen LogP contribution in [0.5, 0.6) is 0 Å². The molecule has 0 aliphatic carbocycles. The summed E-state index contributed by atoms with van der Waals surface area (Å²) < 4.78 is 2.25. The molecule has 3 heterocycles. The normalized spacial score (nSPS) is 14.2. The van der Waals surface area contributed by atoms with Gasteiger partial charge in [0.2, 0.25) is 0 Å². The molecule has 0 saturated carbocycles. The second-order valence-corrected chi connectivity index (χ2v) is 24.2. The lowest BCUT2D eigenvalue weighted by Crippen LogP contribution is -2.28. The second kappa shape index (κ2) is 28.2. The van der Waals surface area contributed by atoms with E-state index in [4.69, 9.17) is 5.10 Å². The van der Waals surface area contributed by atoms with Gasteiger partial charge in [-0.3, -0.25) is 9.78 Å². The van der Waals surface area contributed by atoms with Gasteiger partial charge < -0.3 is 10.2 Å².